The van der Waals surface area contributed by atoms with Crippen LogP contribution in [-0.2, 0) is 16.6 Å². The molecule has 0 radical (unpaired) electrons. The van der Waals surface area contributed by atoms with E-state index in [9.17, 15) is 18.0 Å². The van der Waals surface area contributed by atoms with Crippen LogP contribution in [0.5, 0.6) is 0 Å². The molecule has 1 unspecified atom stereocenters. The Labute approximate surface area is 161 Å². The van der Waals surface area contributed by atoms with Crippen LogP contribution >= 0.6 is 0 Å². The number of nitrogens with zero attached hydrogens (tertiary/aromatic N) is 4. The monoisotopic (exact) mass is 402 g/mol. The maximum Gasteiger partial charge on any atom is 0.490 e. The summed E-state index contributed by atoms with van der Waals surface area (Å²) in [4.78, 5) is 26.4. The molecule has 3 heterocycles. The molecule has 7 nitrogen and oxygen atoms in total. The lowest BCUT2D eigenvalue weighted by atomic mass is 9.78. The van der Waals surface area contributed by atoms with Crippen molar-refractivity contribution in [3.63, 3.8) is 0 Å². The number of carbonyl (C=O) groups is 2. The van der Waals surface area contributed by atoms with E-state index in [1.165, 1.54) is 32.4 Å². The molecule has 1 spiro atoms. The number of amides is 1. The van der Waals surface area contributed by atoms with Gasteiger partial charge in [0.2, 0.25) is 5.91 Å². The number of aliphatic carboxylic acids is 1. The normalized spacial score (nSPS) is 25.7. The number of carboxylic acid groups (broad SMARTS) is 1. The first-order valence-electron chi connectivity index (χ1n) is 9.44. The van der Waals surface area contributed by atoms with Crippen molar-refractivity contribution >= 4 is 17.6 Å². The third kappa shape index (κ3) is 4.65. The van der Waals surface area contributed by atoms with Crippen molar-refractivity contribution in [1.82, 2.24) is 14.7 Å². The van der Waals surface area contributed by atoms with Crippen LogP contribution in [0.2, 0.25) is 0 Å². The van der Waals surface area contributed by atoms with E-state index < -0.39 is 12.1 Å². The molecule has 3 fully saturated rings. The zero-order chi connectivity index (χ0) is 20.5. The Kier molecular flexibility index (Phi) is 5.69. The van der Waals surface area contributed by atoms with E-state index >= 15 is 0 Å². The van der Waals surface area contributed by atoms with Gasteiger partial charge in [0.25, 0.3) is 0 Å². The number of hydrogen-bond donors (Lipinski definition) is 1. The maximum absolute atomic E-state index is 13.0. The number of piperidine rings is 1. The quantitative estimate of drug-likeness (QED) is 0.839. The summed E-state index contributed by atoms with van der Waals surface area (Å²) in [5, 5.41) is 11.3. The van der Waals surface area contributed by atoms with Gasteiger partial charge in [-0.25, -0.2) is 4.79 Å². The van der Waals surface area contributed by atoms with Gasteiger partial charge in [-0.1, -0.05) is 0 Å². The third-order valence-electron chi connectivity index (χ3n) is 5.63. The van der Waals surface area contributed by atoms with Crippen LogP contribution in [0.4, 0.5) is 18.9 Å². The van der Waals surface area contributed by atoms with Gasteiger partial charge < -0.3 is 14.9 Å². The first-order chi connectivity index (χ1) is 13.1. The number of likely N-dealkylation sites (tertiary alicyclic amines) is 1. The van der Waals surface area contributed by atoms with Gasteiger partial charge in [0, 0.05) is 32.9 Å². The lowest BCUT2D eigenvalue weighted by molar-refractivity contribution is -0.192. The van der Waals surface area contributed by atoms with E-state index in [2.05, 4.69) is 10.00 Å². The minimum Gasteiger partial charge on any atom is -0.475 e. The van der Waals surface area contributed by atoms with Crippen molar-refractivity contribution in [2.75, 3.05) is 31.1 Å². The van der Waals surface area contributed by atoms with Crippen LogP contribution in [0, 0.1) is 11.3 Å². The molecule has 1 atom stereocenters. The Morgan fingerprint density at radius 3 is 2.54 bits per heavy atom. The number of halogens is 3. The van der Waals surface area contributed by atoms with Gasteiger partial charge in [0.05, 0.1) is 17.3 Å². The van der Waals surface area contributed by atoms with Gasteiger partial charge in [-0.05, 0) is 44.6 Å². The highest BCUT2D eigenvalue weighted by molar-refractivity contribution is 6.00. The first-order valence-corrected chi connectivity index (χ1v) is 9.44. The fourth-order valence-corrected chi connectivity index (χ4v) is 4.04. The topological polar surface area (TPSA) is 78.7 Å². The Balaban J connectivity index is 0.000000279. The highest BCUT2D eigenvalue weighted by Crippen LogP contribution is 2.42. The molecule has 156 valence electrons. The molecule has 10 heteroatoms. The number of rotatable bonds is 3. The van der Waals surface area contributed by atoms with E-state index in [0.29, 0.717) is 5.91 Å². The fraction of sp³-hybridized carbons (Fsp3) is 0.722. The smallest absolute Gasteiger partial charge is 0.475 e. The van der Waals surface area contributed by atoms with Gasteiger partial charge in [-0.2, -0.15) is 18.3 Å². The van der Waals surface area contributed by atoms with Crippen molar-refractivity contribution in [2.45, 2.75) is 38.3 Å². The standard InChI is InChI=1S/C16H24N4O.C2HF3O2/c1-18-11-14(9-17-18)20-8-6-16(15(20)21)5-2-7-19(12-16)10-13-3-4-13;3-2(4,5)1(6)7/h9,11,13H,2-8,10,12H2,1H3;(H,6,7). The Morgan fingerprint density at radius 1 is 1.32 bits per heavy atom. The van der Waals surface area contributed by atoms with Gasteiger partial charge >= 0.3 is 12.1 Å². The molecule has 1 N–H and O–H groups in total. The molecule has 1 aliphatic carbocycles. The first kappa shape index (κ1) is 20.6. The summed E-state index contributed by atoms with van der Waals surface area (Å²) < 4.78 is 33.5. The maximum atomic E-state index is 13.0. The number of hydrogen-bond acceptors (Lipinski definition) is 4. The SMILES string of the molecule is Cn1cc(N2CCC3(CCCN(CC4CC4)C3)C2=O)cn1.O=C(O)C(F)(F)F. The van der Waals surface area contributed by atoms with E-state index in [0.717, 1.165) is 37.5 Å². The predicted molar refractivity (Wildman–Crippen MR) is 94.7 cm³/mol. The van der Waals surface area contributed by atoms with Crippen LogP contribution in [0.25, 0.3) is 0 Å². The molecule has 0 bridgehead atoms. The molecular weight excluding hydrogens is 377 g/mol. The lowest BCUT2D eigenvalue weighted by Gasteiger charge is -2.39. The van der Waals surface area contributed by atoms with Crippen molar-refractivity contribution < 1.29 is 27.9 Å². The Morgan fingerprint density at radius 2 is 2.00 bits per heavy atom. The second-order valence-electron chi connectivity index (χ2n) is 7.94. The lowest BCUT2D eigenvalue weighted by Crippen LogP contribution is -2.48. The summed E-state index contributed by atoms with van der Waals surface area (Å²) in [5.74, 6) is -1.52. The summed E-state index contributed by atoms with van der Waals surface area (Å²) in [6, 6.07) is 0. The second-order valence-corrected chi connectivity index (χ2v) is 7.94. The molecule has 1 aromatic rings. The molecule has 28 heavy (non-hydrogen) atoms. The number of alkyl halides is 3. The van der Waals surface area contributed by atoms with Crippen LogP contribution in [0.15, 0.2) is 12.4 Å². The summed E-state index contributed by atoms with van der Waals surface area (Å²) >= 11 is 0. The van der Waals surface area contributed by atoms with E-state index in [1.807, 2.05) is 24.3 Å². The van der Waals surface area contributed by atoms with Gasteiger partial charge in [0.15, 0.2) is 0 Å². The summed E-state index contributed by atoms with van der Waals surface area (Å²) in [5.41, 5.74) is 0.835. The highest BCUT2D eigenvalue weighted by atomic mass is 19.4. The van der Waals surface area contributed by atoms with Crippen molar-refractivity contribution in [2.24, 2.45) is 18.4 Å². The van der Waals surface area contributed by atoms with Crippen LogP contribution < -0.4 is 4.90 Å². The molecule has 2 aliphatic heterocycles. The molecule has 2 saturated heterocycles. The van der Waals surface area contributed by atoms with Crippen LogP contribution in [0.3, 0.4) is 0 Å². The number of carboxylic acids is 1. The van der Waals surface area contributed by atoms with E-state index in [1.54, 1.807) is 4.68 Å². The summed E-state index contributed by atoms with van der Waals surface area (Å²) in [7, 11) is 1.90. The highest BCUT2D eigenvalue weighted by Gasteiger charge is 2.49. The average molecular weight is 402 g/mol. The van der Waals surface area contributed by atoms with Crippen molar-refractivity contribution in [1.29, 1.82) is 0 Å². The van der Waals surface area contributed by atoms with Gasteiger partial charge in [0.1, 0.15) is 0 Å². The molecule has 4 rings (SSSR count). The summed E-state index contributed by atoms with van der Waals surface area (Å²) in [6.45, 7) is 4.21. The minimum atomic E-state index is -5.08. The zero-order valence-corrected chi connectivity index (χ0v) is 15.8. The van der Waals surface area contributed by atoms with Crippen LogP contribution in [-0.4, -0.2) is 64.0 Å². The van der Waals surface area contributed by atoms with Gasteiger partial charge in [-0.3, -0.25) is 9.48 Å². The molecule has 3 aliphatic rings. The number of aromatic nitrogens is 2. The molecule has 1 amide bonds. The average Bonchev–Trinajstić information content (AvgIpc) is 3.24. The van der Waals surface area contributed by atoms with E-state index in [-0.39, 0.29) is 5.41 Å². The Bertz CT molecular complexity index is 732. The number of anilines is 1. The largest absolute Gasteiger partial charge is 0.490 e. The zero-order valence-electron chi connectivity index (χ0n) is 15.8. The van der Waals surface area contributed by atoms with Gasteiger partial charge in [-0.15, -0.1) is 0 Å². The number of carbonyl (C=O) groups excluding carboxylic acids is 1. The van der Waals surface area contributed by atoms with Crippen LogP contribution in [0.1, 0.15) is 32.1 Å². The fourth-order valence-electron chi connectivity index (χ4n) is 4.04. The van der Waals surface area contributed by atoms with Crippen molar-refractivity contribution in [3.05, 3.63) is 12.4 Å². The molecule has 0 aromatic carbocycles. The van der Waals surface area contributed by atoms with Crippen molar-refractivity contribution in [3.8, 4) is 0 Å². The second kappa shape index (κ2) is 7.73. The molecular formula is C18H25F3N4O3. The minimum absolute atomic E-state index is 0.122. The Hall–Kier alpha value is -2.10. The number of aryl methyl sites for hydroxylation is 1. The molecule has 1 aromatic heterocycles. The van der Waals surface area contributed by atoms with E-state index in [4.69, 9.17) is 9.90 Å². The summed E-state index contributed by atoms with van der Waals surface area (Å²) in [6.07, 6.45) is 4.67. The third-order valence-corrected chi connectivity index (χ3v) is 5.63. The molecule has 1 saturated carbocycles. The predicted octanol–water partition coefficient (Wildman–Crippen LogP) is 2.28.